The van der Waals surface area contributed by atoms with E-state index in [4.69, 9.17) is 4.74 Å². The summed E-state index contributed by atoms with van der Waals surface area (Å²) in [6.07, 6.45) is 8.76. The van der Waals surface area contributed by atoms with E-state index in [0.717, 1.165) is 51.1 Å². The fourth-order valence-electron chi connectivity index (χ4n) is 5.59. The molecule has 0 amide bonds. The zero-order valence-electron chi connectivity index (χ0n) is 20.1. The number of aryl methyl sites for hydroxylation is 1. The van der Waals surface area contributed by atoms with Gasteiger partial charge in [0.1, 0.15) is 0 Å². The minimum Gasteiger partial charge on any atom is -0.370 e. The Kier molecular flexibility index (Phi) is 5.83. The van der Waals surface area contributed by atoms with E-state index in [1.165, 1.54) is 32.1 Å². The van der Waals surface area contributed by atoms with Crippen molar-refractivity contribution in [3.8, 4) is 0 Å². The Labute approximate surface area is 209 Å². The predicted molar refractivity (Wildman–Crippen MR) is 131 cm³/mol. The van der Waals surface area contributed by atoms with E-state index in [2.05, 4.69) is 45.1 Å². The molecule has 3 aromatic heterocycles. The van der Waals surface area contributed by atoms with Gasteiger partial charge in [-0.3, -0.25) is 4.90 Å². The van der Waals surface area contributed by atoms with E-state index in [9.17, 15) is 8.42 Å². The molecule has 0 radical (unpaired) electrons. The van der Waals surface area contributed by atoms with Gasteiger partial charge in [0.25, 0.3) is 10.0 Å². The molecule has 188 valence electrons. The van der Waals surface area contributed by atoms with Crippen molar-refractivity contribution in [1.82, 2.24) is 34.2 Å². The van der Waals surface area contributed by atoms with Crippen LogP contribution in [0.5, 0.6) is 0 Å². The smallest absolute Gasteiger partial charge is 0.260 e. The molecule has 12 heteroatoms. The number of aromatic nitrogens is 5. The number of imidazole rings is 1. The van der Waals surface area contributed by atoms with Crippen LogP contribution in [-0.2, 0) is 39.7 Å². The van der Waals surface area contributed by atoms with E-state index in [1.807, 2.05) is 17.5 Å². The summed E-state index contributed by atoms with van der Waals surface area (Å²) in [5, 5.41) is 8.82. The summed E-state index contributed by atoms with van der Waals surface area (Å²) in [4.78, 5) is 11.9. The van der Waals surface area contributed by atoms with Gasteiger partial charge in [0.05, 0.1) is 42.7 Å². The van der Waals surface area contributed by atoms with Crippen molar-refractivity contribution in [3.63, 3.8) is 0 Å². The molecular formula is C23H31N7O3S2. The molecule has 1 spiro atoms. The molecule has 0 aliphatic carbocycles. The molecule has 0 bridgehead atoms. The highest BCUT2D eigenvalue weighted by atomic mass is 32.2. The number of nitrogens with one attached hydrogen (secondary N) is 1. The second-order valence-electron chi connectivity index (χ2n) is 9.85. The number of sulfonamides is 1. The molecule has 0 saturated carbocycles. The number of likely N-dealkylation sites (tertiary alicyclic amines) is 1. The van der Waals surface area contributed by atoms with E-state index in [0.29, 0.717) is 19.1 Å². The first-order valence-corrected chi connectivity index (χ1v) is 14.5. The highest BCUT2D eigenvalue weighted by Crippen LogP contribution is 2.46. The van der Waals surface area contributed by atoms with Crippen LogP contribution >= 0.6 is 11.3 Å². The van der Waals surface area contributed by atoms with Crippen LogP contribution in [0.15, 0.2) is 29.8 Å². The van der Waals surface area contributed by atoms with Crippen LogP contribution in [0.3, 0.4) is 0 Å². The maximum atomic E-state index is 12.6. The van der Waals surface area contributed by atoms with Gasteiger partial charge in [0.2, 0.25) is 0 Å². The summed E-state index contributed by atoms with van der Waals surface area (Å²) in [6.45, 7) is 7.76. The molecule has 2 atom stereocenters. The third-order valence-corrected chi connectivity index (χ3v) is 10.8. The maximum Gasteiger partial charge on any atom is 0.260 e. The third kappa shape index (κ3) is 4.05. The van der Waals surface area contributed by atoms with Crippen LogP contribution in [0.25, 0.3) is 0 Å². The summed E-state index contributed by atoms with van der Waals surface area (Å²) >= 11 is 1.96. The average Bonchev–Trinajstić information content (AvgIpc) is 3.56. The van der Waals surface area contributed by atoms with Crippen LogP contribution in [0.1, 0.15) is 53.7 Å². The molecule has 1 N–H and O–H groups in total. The number of H-pyrrole nitrogens is 1. The summed E-state index contributed by atoms with van der Waals surface area (Å²) in [5.41, 5.74) is 2.19. The minimum absolute atomic E-state index is 0.00333. The molecule has 0 unspecified atom stereocenters. The number of nitrogens with zero attached hydrogens (tertiary/aromatic N) is 6. The van der Waals surface area contributed by atoms with Crippen LogP contribution in [0, 0.1) is 0 Å². The van der Waals surface area contributed by atoms with E-state index < -0.39 is 10.0 Å². The van der Waals surface area contributed by atoms with Gasteiger partial charge in [0.15, 0.2) is 5.03 Å². The summed E-state index contributed by atoms with van der Waals surface area (Å²) in [5.74, 6) is 0. The first-order chi connectivity index (χ1) is 16.9. The number of piperidine rings is 1. The first-order valence-electron chi connectivity index (χ1n) is 12.3. The fourth-order valence-corrected chi connectivity index (χ4v) is 8.17. The lowest BCUT2D eigenvalue weighted by molar-refractivity contribution is -0.112. The molecule has 0 aromatic carbocycles. The Morgan fingerprint density at radius 2 is 2.20 bits per heavy atom. The third-order valence-electron chi connectivity index (χ3n) is 7.67. The van der Waals surface area contributed by atoms with Gasteiger partial charge in [-0.25, -0.2) is 18.1 Å². The number of ether oxygens (including phenoxy) is 1. The molecule has 3 aliphatic heterocycles. The Morgan fingerprint density at radius 3 is 2.94 bits per heavy atom. The Bertz CT molecular complexity index is 1300. The second-order valence-corrected chi connectivity index (χ2v) is 13.0. The lowest BCUT2D eigenvalue weighted by Gasteiger charge is -2.47. The number of thiophene rings is 1. The predicted octanol–water partition coefficient (Wildman–Crippen LogP) is 2.32. The molecule has 3 aromatic rings. The molecule has 6 rings (SSSR count). The van der Waals surface area contributed by atoms with Crippen LogP contribution < -0.4 is 0 Å². The molecule has 3 aliphatic rings. The lowest BCUT2D eigenvalue weighted by atomic mass is 9.79. The lowest BCUT2D eigenvalue weighted by Crippen LogP contribution is -2.50. The first kappa shape index (κ1) is 23.3. The number of fused-ring (bicyclic) bond motifs is 2. The van der Waals surface area contributed by atoms with Crippen LogP contribution in [0.2, 0.25) is 0 Å². The normalized spacial score (nSPS) is 26.2. The van der Waals surface area contributed by atoms with Crippen molar-refractivity contribution in [2.45, 2.75) is 68.8 Å². The zero-order chi connectivity index (χ0) is 24.2. The van der Waals surface area contributed by atoms with Crippen molar-refractivity contribution in [3.05, 3.63) is 45.8 Å². The van der Waals surface area contributed by atoms with E-state index in [1.54, 1.807) is 4.68 Å². The molecule has 10 nitrogen and oxygen atoms in total. The second kappa shape index (κ2) is 8.77. The Balaban J connectivity index is 1.08. The summed E-state index contributed by atoms with van der Waals surface area (Å²) in [6, 6.07) is 2.75. The van der Waals surface area contributed by atoms with Gasteiger partial charge in [-0.15, -0.1) is 16.4 Å². The number of hydrogen-bond donors (Lipinski definition) is 1. The zero-order valence-corrected chi connectivity index (χ0v) is 21.7. The van der Waals surface area contributed by atoms with E-state index in [-0.39, 0.29) is 16.7 Å². The van der Waals surface area contributed by atoms with Crippen molar-refractivity contribution < 1.29 is 13.2 Å². The van der Waals surface area contributed by atoms with Crippen molar-refractivity contribution in [1.29, 1.82) is 0 Å². The quantitative estimate of drug-likeness (QED) is 0.534. The number of aromatic amines is 1. The van der Waals surface area contributed by atoms with Crippen molar-refractivity contribution >= 4 is 21.4 Å². The molecule has 2 fully saturated rings. The van der Waals surface area contributed by atoms with Gasteiger partial charge in [-0.2, -0.15) is 4.31 Å². The molecular weight excluding hydrogens is 486 g/mol. The molecule has 2 saturated heterocycles. The highest BCUT2D eigenvalue weighted by Gasteiger charge is 2.44. The van der Waals surface area contributed by atoms with Gasteiger partial charge >= 0.3 is 0 Å². The standard InChI is InChI=1S/C23H31N7O3S2/c1-3-19-8-20-21(34-19)4-7-33-23(20)5-6-28(16(2)9-23)11-17-12-30(27-26-17)18-13-29(14-18)35(31,32)22-10-24-15-25-22/h8,10,12,15-16,18H,3-7,9,11,13-14H2,1-2H3,(H,24,25)/t16-,23+/m0/s1. The van der Waals surface area contributed by atoms with Gasteiger partial charge < -0.3 is 9.72 Å². The average molecular weight is 518 g/mol. The van der Waals surface area contributed by atoms with Crippen LogP contribution in [-0.4, -0.2) is 74.9 Å². The largest absolute Gasteiger partial charge is 0.370 e. The fraction of sp³-hybridized carbons (Fsp3) is 0.609. The van der Waals surface area contributed by atoms with Crippen molar-refractivity contribution in [2.24, 2.45) is 0 Å². The SMILES string of the molecule is CCc1cc2c(s1)CCO[C@@]21CCN(Cc2cn(C3CN(S(=O)(=O)c4cnc[nH]4)C3)nn2)[C@@H](C)C1. The van der Waals surface area contributed by atoms with Gasteiger partial charge in [-0.1, -0.05) is 12.1 Å². The number of hydrogen-bond acceptors (Lipinski definition) is 8. The topological polar surface area (TPSA) is 109 Å². The summed E-state index contributed by atoms with van der Waals surface area (Å²) in [7, 11) is -3.52. The minimum atomic E-state index is -3.52. The number of rotatable bonds is 6. The van der Waals surface area contributed by atoms with E-state index >= 15 is 0 Å². The van der Waals surface area contributed by atoms with Gasteiger partial charge in [-0.05, 0) is 37.8 Å². The highest BCUT2D eigenvalue weighted by molar-refractivity contribution is 7.89. The molecule has 35 heavy (non-hydrogen) atoms. The Morgan fingerprint density at radius 1 is 1.34 bits per heavy atom. The van der Waals surface area contributed by atoms with Gasteiger partial charge in [0, 0.05) is 48.4 Å². The van der Waals surface area contributed by atoms with Crippen molar-refractivity contribution in [2.75, 3.05) is 26.2 Å². The monoisotopic (exact) mass is 517 g/mol. The maximum absolute atomic E-state index is 12.6. The molecule has 6 heterocycles. The summed E-state index contributed by atoms with van der Waals surface area (Å²) < 4.78 is 34.9. The van der Waals surface area contributed by atoms with Crippen LogP contribution in [0.4, 0.5) is 0 Å². The Hall–Kier alpha value is -2.12.